The Labute approximate surface area is 157 Å². The number of aromatic hydroxyl groups is 1. The molecule has 1 aromatic heterocycles. The number of nitrogens with zero attached hydrogens (tertiary/aromatic N) is 1. The van der Waals surface area contributed by atoms with E-state index in [1.165, 1.54) is 4.57 Å². The standard InChI is InChI=1S/C14H15NO4.C6H10O2/c1-3-15-10-8-6-5-7-9(10)12(16)11(13(15)17)14(18)19-4-2;1-3-7-6-2-4-8-5(1)6/h5-8,16H,3-4H2,1-2H3;5-6H,1-4H2/t;5-,6-/m.1/s1. The summed E-state index contributed by atoms with van der Waals surface area (Å²) in [5.74, 6) is -1.11. The third kappa shape index (κ3) is 3.84. The first-order chi connectivity index (χ1) is 13.1. The van der Waals surface area contributed by atoms with Crippen LogP contribution in [-0.2, 0) is 20.8 Å². The lowest BCUT2D eigenvalue weighted by Gasteiger charge is -2.12. The van der Waals surface area contributed by atoms with Gasteiger partial charge in [0.1, 0.15) is 5.75 Å². The van der Waals surface area contributed by atoms with Crippen LogP contribution in [0.5, 0.6) is 5.75 Å². The molecule has 7 nitrogen and oxygen atoms in total. The van der Waals surface area contributed by atoms with Crippen LogP contribution in [0, 0.1) is 0 Å². The Hall–Kier alpha value is -2.38. The minimum atomic E-state index is -0.794. The van der Waals surface area contributed by atoms with Gasteiger partial charge in [-0.3, -0.25) is 4.79 Å². The molecule has 2 aliphatic rings. The Bertz CT molecular complexity index is 855. The van der Waals surface area contributed by atoms with Crippen LogP contribution >= 0.6 is 0 Å². The van der Waals surface area contributed by atoms with Gasteiger partial charge >= 0.3 is 5.97 Å². The monoisotopic (exact) mass is 375 g/mol. The van der Waals surface area contributed by atoms with Gasteiger partial charge < -0.3 is 23.9 Å². The summed E-state index contributed by atoms with van der Waals surface area (Å²) in [6, 6.07) is 6.91. The zero-order chi connectivity index (χ0) is 19.4. The summed E-state index contributed by atoms with van der Waals surface area (Å²) in [6.45, 7) is 5.83. The van der Waals surface area contributed by atoms with E-state index in [1.807, 2.05) is 0 Å². The van der Waals surface area contributed by atoms with Crippen molar-refractivity contribution in [3.05, 3.63) is 40.2 Å². The van der Waals surface area contributed by atoms with E-state index in [1.54, 1.807) is 38.1 Å². The zero-order valence-corrected chi connectivity index (χ0v) is 15.6. The van der Waals surface area contributed by atoms with Crippen LogP contribution in [0.1, 0.15) is 37.0 Å². The Balaban J connectivity index is 0.000000216. The van der Waals surface area contributed by atoms with Crippen LogP contribution in [0.2, 0.25) is 0 Å². The van der Waals surface area contributed by atoms with Gasteiger partial charge in [0, 0.05) is 25.1 Å². The quantitative estimate of drug-likeness (QED) is 0.830. The predicted octanol–water partition coefficient (Wildman–Crippen LogP) is 2.47. The molecule has 2 saturated heterocycles. The molecule has 7 heteroatoms. The average Bonchev–Trinajstić information content (AvgIpc) is 3.28. The van der Waals surface area contributed by atoms with Gasteiger partial charge in [-0.1, -0.05) is 12.1 Å². The predicted molar refractivity (Wildman–Crippen MR) is 100 cm³/mol. The first kappa shape index (κ1) is 19.4. The van der Waals surface area contributed by atoms with Crippen molar-refractivity contribution in [2.45, 2.75) is 45.4 Å². The van der Waals surface area contributed by atoms with Crippen molar-refractivity contribution in [3.63, 3.8) is 0 Å². The van der Waals surface area contributed by atoms with Crippen LogP contribution in [0.15, 0.2) is 29.1 Å². The minimum absolute atomic E-state index is 0.149. The summed E-state index contributed by atoms with van der Waals surface area (Å²) < 4.78 is 17.0. The molecule has 0 saturated carbocycles. The fourth-order valence-corrected chi connectivity index (χ4v) is 3.52. The summed E-state index contributed by atoms with van der Waals surface area (Å²) in [4.78, 5) is 24.1. The minimum Gasteiger partial charge on any atom is -0.506 e. The SMILES string of the molecule is C1C[C@H]2OCC[C@H]2O1.CCOC(=O)c1c(O)c2ccccc2n(CC)c1=O. The van der Waals surface area contributed by atoms with Crippen molar-refractivity contribution in [1.82, 2.24) is 4.57 Å². The lowest BCUT2D eigenvalue weighted by molar-refractivity contribution is 0.0520. The summed E-state index contributed by atoms with van der Waals surface area (Å²) in [5.41, 5.74) is -0.236. The van der Waals surface area contributed by atoms with Gasteiger partial charge in [-0.2, -0.15) is 0 Å². The second-order valence-electron chi connectivity index (χ2n) is 6.41. The highest BCUT2D eigenvalue weighted by Crippen LogP contribution is 2.27. The molecule has 0 amide bonds. The summed E-state index contributed by atoms with van der Waals surface area (Å²) in [5, 5.41) is 10.6. The average molecular weight is 375 g/mol. The molecular formula is C20H25NO6. The number of carbonyl (C=O) groups is 1. The smallest absolute Gasteiger partial charge is 0.347 e. The Morgan fingerprint density at radius 3 is 2.41 bits per heavy atom. The van der Waals surface area contributed by atoms with E-state index < -0.39 is 11.5 Å². The molecule has 4 rings (SSSR count). The number of rotatable bonds is 3. The van der Waals surface area contributed by atoms with Gasteiger partial charge in [0.15, 0.2) is 5.56 Å². The molecule has 3 heterocycles. The van der Waals surface area contributed by atoms with Gasteiger partial charge in [-0.25, -0.2) is 4.79 Å². The molecule has 1 aromatic carbocycles. The summed E-state index contributed by atoms with van der Waals surface area (Å²) in [6.07, 6.45) is 3.14. The van der Waals surface area contributed by atoms with Crippen LogP contribution in [0.4, 0.5) is 0 Å². The van der Waals surface area contributed by atoms with Crippen molar-refractivity contribution in [3.8, 4) is 5.75 Å². The van der Waals surface area contributed by atoms with E-state index in [2.05, 4.69) is 0 Å². The number of aromatic nitrogens is 1. The highest BCUT2D eigenvalue weighted by atomic mass is 16.6. The first-order valence-corrected chi connectivity index (χ1v) is 9.33. The van der Waals surface area contributed by atoms with Crippen LogP contribution in [0.3, 0.4) is 0 Å². The molecule has 2 fully saturated rings. The maximum Gasteiger partial charge on any atom is 0.347 e. The second-order valence-corrected chi connectivity index (χ2v) is 6.41. The van der Waals surface area contributed by atoms with Crippen LogP contribution in [0.25, 0.3) is 10.9 Å². The van der Waals surface area contributed by atoms with Crippen molar-refractivity contribution in [2.75, 3.05) is 19.8 Å². The summed E-state index contributed by atoms with van der Waals surface area (Å²) in [7, 11) is 0. The number of benzene rings is 1. The molecule has 0 bridgehead atoms. The van der Waals surface area contributed by atoms with Crippen molar-refractivity contribution >= 4 is 16.9 Å². The molecular weight excluding hydrogens is 350 g/mol. The van der Waals surface area contributed by atoms with Crippen molar-refractivity contribution in [2.24, 2.45) is 0 Å². The number of hydrogen-bond donors (Lipinski definition) is 1. The molecule has 0 unspecified atom stereocenters. The number of ether oxygens (including phenoxy) is 3. The lowest BCUT2D eigenvalue weighted by atomic mass is 10.1. The number of para-hydroxylation sites is 1. The Morgan fingerprint density at radius 1 is 1.19 bits per heavy atom. The topological polar surface area (TPSA) is 87.0 Å². The fourth-order valence-electron chi connectivity index (χ4n) is 3.52. The van der Waals surface area contributed by atoms with E-state index in [0.29, 0.717) is 29.7 Å². The van der Waals surface area contributed by atoms with Gasteiger partial charge in [0.25, 0.3) is 5.56 Å². The number of fused-ring (bicyclic) bond motifs is 2. The van der Waals surface area contributed by atoms with Crippen LogP contribution in [-0.4, -0.2) is 47.7 Å². The van der Waals surface area contributed by atoms with Gasteiger partial charge in [-0.15, -0.1) is 0 Å². The van der Waals surface area contributed by atoms with Crippen molar-refractivity contribution < 1.29 is 24.1 Å². The molecule has 0 spiro atoms. The number of esters is 1. The number of pyridine rings is 1. The van der Waals surface area contributed by atoms with Gasteiger partial charge in [0.05, 0.1) is 24.3 Å². The Morgan fingerprint density at radius 2 is 1.81 bits per heavy atom. The van der Waals surface area contributed by atoms with E-state index in [-0.39, 0.29) is 17.9 Å². The number of carbonyl (C=O) groups excluding carboxylic acids is 1. The molecule has 27 heavy (non-hydrogen) atoms. The molecule has 0 aliphatic carbocycles. The maximum atomic E-state index is 12.3. The van der Waals surface area contributed by atoms with E-state index in [4.69, 9.17) is 14.2 Å². The molecule has 2 aliphatic heterocycles. The third-order valence-electron chi connectivity index (χ3n) is 4.82. The van der Waals surface area contributed by atoms with E-state index in [9.17, 15) is 14.7 Å². The maximum absolute atomic E-state index is 12.3. The fraction of sp³-hybridized carbons (Fsp3) is 0.500. The molecule has 2 aromatic rings. The molecule has 0 radical (unpaired) electrons. The van der Waals surface area contributed by atoms with Gasteiger partial charge in [-0.05, 0) is 38.8 Å². The number of hydrogen-bond acceptors (Lipinski definition) is 6. The van der Waals surface area contributed by atoms with Crippen molar-refractivity contribution in [1.29, 1.82) is 0 Å². The highest BCUT2D eigenvalue weighted by molar-refractivity contribution is 5.99. The normalized spacial score (nSPS) is 20.8. The Kier molecular flexibility index (Phi) is 6.13. The summed E-state index contributed by atoms with van der Waals surface area (Å²) >= 11 is 0. The molecule has 1 N–H and O–H groups in total. The molecule has 2 atom stereocenters. The largest absolute Gasteiger partial charge is 0.506 e. The van der Waals surface area contributed by atoms with Gasteiger partial charge in [0.2, 0.25) is 0 Å². The highest BCUT2D eigenvalue weighted by Gasteiger charge is 2.33. The molecule has 146 valence electrons. The second kappa shape index (κ2) is 8.54. The van der Waals surface area contributed by atoms with E-state index >= 15 is 0 Å². The van der Waals surface area contributed by atoms with E-state index in [0.717, 1.165) is 26.1 Å². The lowest BCUT2D eigenvalue weighted by Crippen LogP contribution is -2.27. The zero-order valence-electron chi connectivity index (χ0n) is 15.6. The number of aryl methyl sites for hydroxylation is 1. The first-order valence-electron chi connectivity index (χ1n) is 9.33. The van der Waals surface area contributed by atoms with Crippen LogP contribution < -0.4 is 5.56 Å². The third-order valence-corrected chi connectivity index (χ3v) is 4.82.